The van der Waals surface area contributed by atoms with Crippen LogP contribution in [0.5, 0.6) is 0 Å². The molecule has 3 rings (SSSR count). The van der Waals surface area contributed by atoms with Crippen molar-refractivity contribution in [3.05, 3.63) is 41.5 Å². The van der Waals surface area contributed by atoms with E-state index in [0.717, 1.165) is 44.2 Å². The molecule has 7 nitrogen and oxygen atoms in total. The van der Waals surface area contributed by atoms with Gasteiger partial charge >= 0.3 is 6.09 Å². The van der Waals surface area contributed by atoms with Crippen LogP contribution in [0.2, 0.25) is 0 Å². The quantitative estimate of drug-likeness (QED) is 0.673. The highest BCUT2D eigenvalue weighted by Gasteiger charge is 2.47. The number of nitrogens with one attached hydrogen (secondary N) is 1. The van der Waals surface area contributed by atoms with Crippen molar-refractivity contribution in [2.75, 3.05) is 32.4 Å². The van der Waals surface area contributed by atoms with Crippen molar-refractivity contribution < 1.29 is 18.3 Å². The molecular formula is C21H31N3O4S. The lowest BCUT2D eigenvalue weighted by molar-refractivity contribution is 0.0851. The molecular weight excluding hydrogens is 390 g/mol. The maximum absolute atomic E-state index is 12.0. The van der Waals surface area contributed by atoms with Gasteiger partial charge in [0.05, 0.1) is 6.26 Å². The Balaban J connectivity index is 1.53. The molecule has 0 radical (unpaired) electrons. The zero-order chi connectivity index (χ0) is 21.0. The molecule has 1 heterocycles. The SMILES string of the molecule is C/C(=C\c1ccccc1)C1CC1N(C(=O)O)C1CCN(CCNS(C)(=O)=O)CC1. The standard InChI is InChI=1S/C21H31N3O4S/c1-16(14-17-6-4-3-5-7-17)19-15-20(19)24(21(25)26)18-8-11-23(12-9-18)13-10-22-29(2,27)28/h3-7,14,18-20,22H,8-13,15H2,1-2H3,(H,25,26)/b16-14+. The third-order valence-electron chi connectivity index (χ3n) is 5.86. The Hall–Kier alpha value is -1.90. The molecule has 0 aromatic heterocycles. The average Bonchev–Trinajstić information content (AvgIpc) is 3.43. The lowest BCUT2D eigenvalue weighted by atomic mass is 10.0. The number of amides is 1. The van der Waals surface area contributed by atoms with Crippen LogP contribution in [0.15, 0.2) is 35.9 Å². The Bertz CT molecular complexity index is 833. The predicted octanol–water partition coefficient (Wildman–Crippen LogP) is 2.47. The van der Waals surface area contributed by atoms with E-state index in [4.69, 9.17) is 0 Å². The number of sulfonamides is 1. The summed E-state index contributed by atoms with van der Waals surface area (Å²) in [5.41, 5.74) is 2.38. The van der Waals surface area contributed by atoms with Crippen molar-refractivity contribution in [2.45, 2.75) is 38.3 Å². The molecule has 1 saturated heterocycles. The number of hydrogen-bond donors (Lipinski definition) is 2. The van der Waals surface area contributed by atoms with Gasteiger partial charge in [-0.05, 0) is 31.7 Å². The maximum Gasteiger partial charge on any atom is 0.407 e. The largest absolute Gasteiger partial charge is 0.465 e. The number of rotatable bonds is 8. The van der Waals surface area contributed by atoms with Crippen molar-refractivity contribution in [3.8, 4) is 0 Å². The van der Waals surface area contributed by atoms with Gasteiger partial charge in [-0.25, -0.2) is 17.9 Å². The average molecular weight is 422 g/mol. The fourth-order valence-corrected chi connectivity index (χ4v) is 4.74. The molecule has 29 heavy (non-hydrogen) atoms. The molecule has 1 amide bonds. The highest BCUT2D eigenvalue weighted by molar-refractivity contribution is 7.88. The van der Waals surface area contributed by atoms with Crippen LogP contribution in [0.1, 0.15) is 31.7 Å². The summed E-state index contributed by atoms with van der Waals surface area (Å²) >= 11 is 0. The van der Waals surface area contributed by atoms with Crippen LogP contribution in [0, 0.1) is 5.92 Å². The number of carbonyl (C=O) groups is 1. The van der Waals surface area contributed by atoms with E-state index in [2.05, 4.69) is 34.8 Å². The first-order valence-corrected chi connectivity index (χ1v) is 12.1. The summed E-state index contributed by atoms with van der Waals surface area (Å²) < 4.78 is 24.8. The minimum absolute atomic E-state index is 0.0335. The van der Waals surface area contributed by atoms with Gasteiger partial charge in [0.1, 0.15) is 0 Å². The zero-order valence-corrected chi connectivity index (χ0v) is 17.9. The number of likely N-dealkylation sites (tertiary alicyclic amines) is 1. The molecule has 1 aliphatic heterocycles. The van der Waals surface area contributed by atoms with Gasteiger partial charge in [0, 0.05) is 44.2 Å². The first-order valence-electron chi connectivity index (χ1n) is 10.2. The second-order valence-corrected chi connectivity index (χ2v) is 9.97. The van der Waals surface area contributed by atoms with Gasteiger partial charge in [-0.1, -0.05) is 42.0 Å². The molecule has 2 atom stereocenters. The van der Waals surface area contributed by atoms with Gasteiger partial charge in [0.15, 0.2) is 0 Å². The van der Waals surface area contributed by atoms with Gasteiger partial charge in [-0.2, -0.15) is 0 Å². The van der Waals surface area contributed by atoms with E-state index in [1.54, 1.807) is 4.90 Å². The third-order valence-corrected chi connectivity index (χ3v) is 6.58. The summed E-state index contributed by atoms with van der Waals surface area (Å²) in [6.45, 7) is 4.71. The van der Waals surface area contributed by atoms with E-state index >= 15 is 0 Å². The number of nitrogens with zero attached hydrogens (tertiary/aromatic N) is 2. The summed E-state index contributed by atoms with van der Waals surface area (Å²) in [7, 11) is -3.17. The monoisotopic (exact) mass is 421 g/mol. The number of hydrogen-bond acceptors (Lipinski definition) is 4. The van der Waals surface area contributed by atoms with Crippen molar-refractivity contribution in [2.24, 2.45) is 5.92 Å². The van der Waals surface area contributed by atoms with Crippen LogP contribution < -0.4 is 4.72 Å². The molecule has 2 N–H and O–H groups in total. The molecule has 0 spiro atoms. The molecule has 1 aromatic rings. The highest BCUT2D eigenvalue weighted by Crippen LogP contribution is 2.44. The normalized spacial score (nSPS) is 23.7. The minimum Gasteiger partial charge on any atom is -0.465 e. The summed E-state index contributed by atoms with van der Waals surface area (Å²) in [6.07, 6.45) is 4.94. The van der Waals surface area contributed by atoms with Crippen molar-refractivity contribution in [3.63, 3.8) is 0 Å². The highest BCUT2D eigenvalue weighted by atomic mass is 32.2. The van der Waals surface area contributed by atoms with E-state index in [0.29, 0.717) is 19.0 Å². The first kappa shape index (κ1) is 21.8. The fraction of sp³-hybridized carbons (Fsp3) is 0.571. The van der Waals surface area contributed by atoms with Gasteiger partial charge in [-0.15, -0.1) is 0 Å². The van der Waals surface area contributed by atoms with Crippen molar-refractivity contribution in [1.82, 2.24) is 14.5 Å². The summed E-state index contributed by atoms with van der Waals surface area (Å²) in [6, 6.07) is 10.2. The topological polar surface area (TPSA) is 90.0 Å². The zero-order valence-electron chi connectivity index (χ0n) is 17.1. The Morgan fingerprint density at radius 3 is 2.52 bits per heavy atom. The lowest BCUT2D eigenvalue weighted by Crippen LogP contribution is -2.49. The Kier molecular flexibility index (Phi) is 6.97. The Morgan fingerprint density at radius 2 is 1.93 bits per heavy atom. The van der Waals surface area contributed by atoms with E-state index in [-0.39, 0.29) is 12.1 Å². The van der Waals surface area contributed by atoms with Crippen molar-refractivity contribution in [1.29, 1.82) is 0 Å². The first-order chi connectivity index (χ1) is 13.7. The predicted molar refractivity (Wildman–Crippen MR) is 114 cm³/mol. The minimum atomic E-state index is -3.17. The van der Waals surface area contributed by atoms with Gasteiger partial charge in [0.25, 0.3) is 0 Å². The summed E-state index contributed by atoms with van der Waals surface area (Å²) in [4.78, 5) is 15.9. The van der Waals surface area contributed by atoms with Crippen LogP contribution >= 0.6 is 0 Å². The number of piperidine rings is 1. The van der Waals surface area contributed by atoms with Crippen LogP contribution in [0.4, 0.5) is 4.79 Å². The van der Waals surface area contributed by atoms with Crippen LogP contribution in [-0.4, -0.2) is 73.9 Å². The smallest absolute Gasteiger partial charge is 0.407 e. The van der Waals surface area contributed by atoms with Crippen LogP contribution in [0.3, 0.4) is 0 Å². The molecule has 160 valence electrons. The molecule has 2 fully saturated rings. The third kappa shape index (κ3) is 6.29. The Labute approximate surface area is 173 Å². The van der Waals surface area contributed by atoms with Gasteiger partial charge < -0.3 is 14.9 Å². The number of carboxylic acid groups (broad SMARTS) is 1. The van der Waals surface area contributed by atoms with E-state index < -0.39 is 16.1 Å². The van der Waals surface area contributed by atoms with Gasteiger partial charge in [-0.3, -0.25) is 0 Å². The summed E-state index contributed by atoms with van der Waals surface area (Å²) in [5, 5.41) is 9.84. The second kappa shape index (κ2) is 9.28. The molecule has 2 aliphatic rings. The molecule has 0 bridgehead atoms. The fourth-order valence-electron chi connectivity index (χ4n) is 4.28. The van der Waals surface area contributed by atoms with Gasteiger partial charge in [0.2, 0.25) is 10.0 Å². The summed E-state index contributed by atoms with van der Waals surface area (Å²) in [5.74, 6) is 0.295. The molecule has 1 aromatic carbocycles. The molecule has 8 heteroatoms. The Morgan fingerprint density at radius 1 is 1.28 bits per heavy atom. The van der Waals surface area contributed by atoms with Crippen molar-refractivity contribution >= 4 is 22.2 Å². The maximum atomic E-state index is 12.0. The lowest BCUT2D eigenvalue weighted by Gasteiger charge is -2.37. The number of benzene rings is 1. The molecule has 2 unspecified atom stereocenters. The van der Waals surface area contributed by atoms with Crippen LogP contribution in [-0.2, 0) is 10.0 Å². The van der Waals surface area contributed by atoms with Crippen LogP contribution in [0.25, 0.3) is 6.08 Å². The van der Waals surface area contributed by atoms with E-state index in [1.165, 1.54) is 5.57 Å². The van der Waals surface area contributed by atoms with E-state index in [1.807, 2.05) is 18.2 Å². The second-order valence-electron chi connectivity index (χ2n) is 8.14. The molecule has 1 saturated carbocycles. The molecule has 1 aliphatic carbocycles. The van der Waals surface area contributed by atoms with E-state index in [9.17, 15) is 18.3 Å².